The topological polar surface area (TPSA) is 87.6 Å². The molecule has 0 saturated carbocycles. The van der Waals surface area contributed by atoms with Gasteiger partial charge in [-0.05, 0) is 20.5 Å². The quantitative estimate of drug-likeness (QED) is 0.735. The van der Waals surface area contributed by atoms with Crippen LogP contribution in [0, 0.1) is 0 Å². The number of amides is 1. The van der Waals surface area contributed by atoms with Crippen molar-refractivity contribution in [2.45, 2.75) is 24.6 Å². The molecule has 0 bridgehead atoms. The average molecular weight is 281 g/mol. The van der Waals surface area contributed by atoms with Gasteiger partial charge in [0.1, 0.15) is 6.04 Å². The van der Waals surface area contributed by atoms with Crippen molar-refractivity contribution in [1.29, 1.82) is 0 Å². The van der Waals surface area contributed by atoms with Gasteiger partial charge in [0.05, 0.1) is 12.3 Å². The number of rotatable bonds is 4. The van der Waals surface area contributed by atoms with Gasteiger partial charge in [0.2, 0.25) is 5.91 Å². The molecule has 1 saturated heterocycles. The van der Waals surface area contributed by atoms with Gasteiger partial charge in [0, 0.05) is 37.9 Å². The van der Waals surface area contributed by atoms with Crippen LogP contribution in [0.4, 0.5) is 0 Å². The second-order valence-electron chi connectivity index (χ2n) is 5.72. The number of nitrogens with two attached hydrogens (primary N) is 1. The van der Waals surface area contributed by atoms with E-state index in [1.165, 1.54) is 0 Å². The molecule has 7 heteroatoms. The molecule has 0 radical (unpaired) electrons. The molecule has 1 fully saturated rings. The van der Waals surface area contributed by atoms with Gasteiger partial charge in [0.15, 0.2) is 0 Å². The number of aliphatic hydroxyl groups is 1. The molecule has 1 amide bonds. The van der Waals surface area contributed by atoms with E-state index in [1.807, 2.05) is 19.0 Å². The first-order valence-corrected chi connectivity index (χ1v) is 6.76. The first-order valence-electron chi connectivity index (χ1n) is 6.76. The summed E-state index contributed by atoms with van der Waals surface area (Å²) in [6.07, 6.45) is 3.49. The van der Waals surface area contributed by atoms with Crippen molar-refractivity contribution in [2.75, 3.05) is 27.2 Å². The molecule has 1 aliphatic rings. The van der Waals surface area contributed by atoms with Crippen molar-refractivity contribution in [1.82, 2.24) is 19.6 Å². The summed E-state index contributed by atoms with van der Waals surface area (Å²) in [5, 5.41) is 13.9. The van der Waals surface area contributed by atoms with Gasteiger partial charge < -0.3 is 20.6 Å². The van der Waals surface area contributed by atoms with E-state index >= 15 is 0 Å². The first-order chi connectivity index (χ1) is 9.38. The largest absolute Gasteiger partial charge is 0.391 e. The zero-order valence-electron chi connectivity index (χ0n) is 12.2. The second kappa shape index (κ2) is 5.90. The number of carbonyl (C=O) groups excluding carboxylic acids is 1. The minimum atomic E-state index is -0.723. The molecule has 112 valence electrons. The number of aryl methyl sites for hydroxylation is 1. The maximum absolute atomic E-state index is 12.5. The summed E-state index contributed by atoms with van der Waals surface area (Å²) in [6, 6.07) is -0.714. The van der Waals surface area contributed by atoms with E-state index in [0.29, 0.717) is 18.5 Å². The third-order valence-electron chi connectivity index (χ3n) is 3.60. The number of hydrogen-bond donors (Lipinski definition) is 2. The Labute approximate surface area is 118 Å². The molecule has 7 nitrogen and oxygen atoms in total. The number of likely N-dealkylation sites (tertiary alicyclic amines) is 1. The molecule has 2 heterocycles. The number of aromatic nitrogens is 2. The van der Waals surface area contributed by atoms with E-state index in [1.54, 1.807) is 29.0 Å². The summed E-state index contributed by atoms with van der Waals surface area (Å²) in [5.41, 5.74) is 6.73. The number of hydrogen-bond acceptors (Lipinski definition) is 5. The Morgan fingerprint density at radius 1 is 1.65 bits per heavy atom. The number of carbonyl (C=O) groups is 1. The summed E-state index contributed by atoms with van der Waals surface area (Å²) in [7, 11) is 5.69. The molecule has 20 heavy (non-hydrogen) atoms. The molecule has 1 aromatic heterocycles. The van der Waals surface area contributed by atoms with Crippen LogP contribution in [0.25, 0.3) is 0 Å². The Hall–Kier alpha value is -1.44. The highest BCUT2D eigenvalue weighted by molar-refractivity contribution is 5.83. The number of likely N-dealkylation sites (N-methyl/N-ethyl adjacent to an activating group) is 1. The van der Waals surface area contributed by atoms with Crippen LogP contribution in [0.2, 0.25) is 0 Å². The van der Waals surface area contributed by atoms with Crippen molar-refractivity contribution in [2.24, 2.45) is 12.8 Å². The molecule has 0 aromatic carbocycles. The standard InChI is InChI=1S/C13H23N5O2/c1-16(2)7-10-4-11(19)8-18(10)13(20)12(14)9-5-15-17(3)6-9/h5-6,10-12,19H,4,7-8,14H2,1-3H3. The predicted octanol–water partition coefficient (Wildman–Crippen LogP) is -1.06. The molecule has 1 aliphatic heterocycles. The molecule has 3 unspecified atom stereocenters. The Morgan fingerprint density at radius 2 is 2.35 bits per heavy atom. The van der Waals surface area contributed by atoms with Crippen LogP contribution < -0.4 is 5.73 Å². The van der Waals surface area contributed by atoms with Crippen LogP contribution in [0.3, 0.4) is 0 Å². The minimum absolute atomic E-state index is 0.00946. The molecule has 2 rings (SSSR count). The molecule has 1 aromatic rings. The van der Waals surface area contributed by atoms with Gasteiger partial charge in [-0.3, -0.25) is 9.48 Å². The Morgan fingerprint density at radius 3 is 2.90 bits per heavy atom. The lowest BCUT2D eigenvalue weighted by Crippen LogP contribution is -2.45. The summed E-state index contributed by atoms with van der Waals surface area (Å²) >= 11 is 0. The summed E-state index contributed by atoms with van der Waals surface area (Å²) in [4.78, 5) is 16.2. The van der Waals surface area contributed by atoms with Gasteiger partial charge in [-0.2, -0.15) is 5.10 Å². The van der Waals surface area contributed by atoms with Crippen LogP contribution in [0.1, 0.15) is 18.0 Å². The van der Waals surface area contributed by atoms with Crippen LogP contribution in [0.15, 0.2) is 12.4 Å². The summed E-state index contributed by atoms with van der Waals surface area (Å²) in [5.74, 6) is -0.151. The maximum Gasteiger partial charge on any atom is 0.244 e. The van der Waals surface area contributed by atoms with Gasteiger partial charge in [-0.15, -0.1) is 0 Å². The summed E-state index contributed by atoms with van der Waals surface area (Å²) in [6.45, 7) is 1.08. The molecule has 0 aliphatic carbocycles. The lowest BCUT2D eigenvalue weighted by Gasteiger charge is -2.28. The zero-order valence-corrected chi connectivity index (χ0v) is 12.2. The van der Waals surface area contributed by atoms with E-state index in [2.05, 4.69) is 5.10 Å². The highest BCUT2D eigenvalue weighted by Crippen LogP contribution is 2.22. The maximum atomic E-state index is 12.5. The molecular formula is C13H23N5O2. The van der Waals surface area contributed by atoms with E-state index in [-0.39, 0.29) is 11.9 Å². The van der Waals surface area contributed by atoms with Crippen LogP contribution >= 0.6 is 0 Å². The lowest BCUT2D eigenvalue weighted by molar-refractivity contribution is -0.134. The smallest absolute Gasteiger partial charge is 0.244 e. The van der Waals surface area contributed by atoms with Crippen LogP contribution in [-0.4, -0.2) is 69.9 Å². The van der Waals surface area contributed by atoms with Gasteiger partial charge in [-0.1, -0.05) is 0 Å². The van der Waals surface area contributed by atoms with Crippen LogP contribution in [0.5, 0.6) is 0 Å². The third-order valence-corrected chi connectivity index (χ3v) is 3.60. The lowest BCUT2D eigenvalue weighted by atomic mass is 10.1. The van der Waals surface area contributed by atoms with Crippen molar-refractivity contribution in [3.63, 3.8) is 0 Å². The molecular weight excluding hydrogens is 258 g/mol. The first kappa shape index (κ1) is 15.0. The van der Waals surface area contributed by atoms with Crippen molar-refractivity contribution in [3.8, 4) is 0 Å². The van der Waals surface area contributed by atoms with Gasteiger partial charge >= 0.3 is 0 Å². The SMILES string of the molecule is CN(C)CC1CC(O)CN1C(=O)C(N)c1cnn(C)c1. The molecule has 3 N–H and O–H groups in total. The fourth-order valence-electron chi connectivity index (χ4n) is 2.68. The zero-order chi connectivity index (χ0) is 14.9. The summed E-state index contributed by atoms with van der Waals surface area (Å²) < 4.78 is 1.62. The van der Waals surface area contributed by atoms with E-state index in [4.69, 9.17) is 5.73 Å². The number of nitrogens with zero attached hydrogens (tertiary/aromatic N) is 4. The van der Waals surface area contributed by atoms with E-state index in [9.17, 15) is 9.90 Å². The normalized spacial score (nSPS) is 24.4. The molecule has 0 spiro atoms. The average Bonchev–Trinajstić information content (AvgIpc) is 2.93. The predicted molar refractivity (Wildman–Crippen MR) is 74.8 cm³/mol. The van der Waals surface area contributed by atoms with Crippen molar-refractivity contribution in [3.05, 3.63) is 18.0 Å². The highest BCUT2D eigenvalue weighted by Gasteiger charge is 2.37. The van der Waals surface area contributed by atoms with Crippen molar-refractivity contribution < 1.29 is 9.90 Å². The Balaban J connectivity index is 2.10. The second-order valence-corrected chi connectivity index (χ2v) is 5.72. The molecule has 3 atom stereocenters. The highest BCUT2D eigenvalue weighted by atomic mass is 16.3. The van der Waals surface area contributed by atoms with E-state index < -0.39 is 12.1 Å². The number of β-amino-alcohol motifs (C(OH)–C–C–N with tert-alkyl or cyclic N) is 1. The number of aliphatic hydroxyl groups excluding tert-OH is 1. The van der Waals surface area contributed by atoms with Crippen molar-refractivity contribution >= 4 is 5.91 Å². The van der Waals surface area contributed by atoms with Crippen LogP contribution in [-0.2, 0) is 11.8 Å². The fourth-order valence-corrected chi connectivity index (χ4v) is 2.68. The third kappa shape index (κ3) is 3.17. The minimum Gasteiger partial charge on any atom is -0.391 e. The van der Waals surface area contributed by atoms with Gasteiger partial charge in [-0.25, -0.2) is 0 Å². The fraction of sp³-hybridized carbons (Fsp3) is 0.692. The van der Waals surface area contributed by atoms with Gasteiger partial charge in [0.25, 0.3) is 0 Å². The Bertz CT molecular complexity index is 473. The monoisotopic (exact) mass is 281 g/mol. The van der Waals surface area contributed by atoms with E-state index in [0.717, 1.165) is 6.54 Å². The Kier molecular flexibility index (Phi) is 4.42.